The monoisotopic (exact) mass is 787 g/mol. The molecule has 3 heterocycles. The molecule has 13 N–H and O–H groups in total. The third-order valence-electron chi connectivity index (χ3n) is 9.68. The third-order valence-corrected chi connectivity index (χ3v) is 9.87. The number of methoxy groups -OCH3 is 1. The summed E-state index contributed by atoms with van der Waals surface area (Å²) in [6.45, 7) is 0.366. The molecule has 3 aliphatic heterocycles. The van der Waals surface area contributed by atoms with Crippen molar-refractivity contribution in [1.29, 1.82) is 0 Å². The number of hydrogen-bond acceptors (Lipinski definition) is 17. The molecule has 0 spiro atoms. The van der Waals surface area contributed by atoms with Gasteiger partial charge in [-0.05, 0) is 43.7 Å². The number of aliphatic hydroxyl groups is 7. The maximum atomic E-state index is 10.9. The second kappa shape index (κ2) is 26.1. The Balaban J connectivity index is 0.000000457. The molecule has 0 aromatic carbocycles. The van der Waals surface area contributed by atoms with Crippen LogP contribution in [0.5, 0.6) is 0 Å². The van der Waals surface area contributed by atoms with Gasteiger partial charge < -0.3 is 81.4 Å². The molecule has 17 nitrogen and oxygen atoms in total. The van der Waals surface area contributed by atoms with Gasteiger partial charge in [0.2, 0.25) is 5.24 Å². The quantitative estimate of drug-likeness (QED) is 0.0379. The van der Waals surface area contributed by atoms with E-state index >= 15 is 0 Å². The maximum absolute atomic E-state index is 10.9. The van der Waals surface area contributed by atoms with Gasteiger partial charge in [0.15, 0.2) is 18.9 Å². The Bertz CT molecular complexity index is 1020. The van der Waals surface area contributed by atoms with Crippen molar-refractivity contribution in [3.05, 3.63) is 12.2 Å². The van der Waals surface area contributed by atoms with Crippen LogP contribution in [-0.2, 0) is 33.2 Å². The van der Waals surface area contributed by atoms with Crippen LogP contribution in [0, 0.1) is 0 Å². The highest BCUT2D eigenvalue weighted by Gasteiger charge is 2.52. The van der Waals surface area contributed by atoms with Gasteiger partial charge in [-0.25, -0.2) is 0 Å². The van der Waals surface area contributed by atoms with E-state index in [-0.39, 0.29) is 5.24 Å². The van der Waals surface area contributed by atoms with Gasteiger partial charge in [-0.1, -0.05) is 57.6 Å². The number of halogens is 1. The van der Waals surface area contributed by atoms with Crippen LogP contribution in [-0.4, -0.2) is 160 Å². The minimum atomic E-state index is -1.53. The van der Waals surface area contributed by atoms with Gasteiger partial charge in [0.1, 0.15) is 54.9 Å². The van der Waals surface area contributed by atoms with E-state index in [1.165, 1.54) is 64.9 Å². The highest BCUT2D eigenvalue weighted by atomic mass is 35.5. The Kier molecular flexibility index (Phi) is 23.7. The number of carbonyl (C=O) groups is 1. The lowest BCUT2D eigenvalue weighted by atomic mass is 9.94. The number of ether oxygens (including phenoxy) is 6. The van der Waals surface area contributed by atoms with Gasteiger partial charge in [-0.2, -0.15) is 0 Å². The minimum absolute atomic E-state index is 0.194. The second-order valence-corrected chi connectivity index (χ2v) is 14.2. The molecule has 312 valence electrons. The summed E-state index contributed by atoms with van der Waals surface area (Å²) in [6.07, 6.45) is 3.20. The van der Waals surface area contributed by atoms with Crippen molar-refractivity contribution < 1.29 is 69.0 Å². The molecule has 0 amide bonds. The average Bonchev–Trinajstić information content (AvgIpc) is 3.15. The highest BCUT2D eigenvalue weighted by Crippen LogP contribution is 2.31. The van der Waals surface area contributed by atoms with Crippen LogP contribution < -0.4 is 17.2 Å². The van der Waals surface area contributed by atoms with E-state index in [4.69, 9.17) is 57.2 Å². The molecule has 3 saturated heterocycles. The summed E-state index contributed by atoms with van der Waals surface area (Å²) < 4.78 is 33.1. The molecular weight excluding hydrogens is 722 g/mol. The van der Waals surface area contributed by atoms with E-state index in [2.05, 4.69) is 19.1 Å². The van der Waals surface area contributed by atoms with E-state index in [9.17, 15) is 40.5 Å². The Hall–Kier alpha value is -0.940. The molecule has 3 fully saturated rings. The van der Waals surface area contributed by atoms with Gasteiger partial charge >= 0.3 is 0 Å². The molecule has 15 atom stereocenters. The lowest BCUT2D eigenvalue weighted by molar-refractivity contribution is -0.349. The molecule has 0 aromatic heterocycles. The van der Waals surface area contributed by atoms with Gasteiger partial charge in [0.05, 0.1) is 37.9 Å². The van der Waals surface area contributed by atoms with E-state index in [0.29, 0.717) is 6.42 Å². The topological polar surface area (TPSA) is 292 Å². The van der Waals surface area contributed by atoms with Crippen LogP contribution in [0.15, 0.2) is 12.2 Å². The number of rotatable bonds is 21. The number of aliphatic hydroxyl groups excluding tert-OH is 7. The van der Waals surface area contributed by atoms with Crippen LogP contribution in [0.2, 0.25) is 0 Å². The third kappa shape index (κ3) is 15.2. The first-order chi connectivity index (χ1) is 25.4. The average molecular weight is 788 g/mol. The predicted octanol–water partition coefficient (Wildman–Crippen LogP) is -1.01. The maximum Gasteiger partial charge on any atom is 0.221 e. The summed E-state index contributed by atoms with van der Waals surface area (Å²) in [5, 5.41) is 70.3. The zero-order chi connectivity index (χ0) is 39.5. The summed E-state index contributed by atoms with van der Waals surface area (Å²) in [6, 6.07) is -3.59. The molecule has 3 aliphatic rings. The van der Waals surface area contributed by atoms with Gasteiger partial charge in [0.25, 0.3) is 0 Å². The fraction of sp³-hybridized carbons (Fsp3) is 0.914. The van der Waals surface area contributed by atoms with Crippen molar-refractivity contribution in [2.45, 2.75) is 176 Å². The highest BCUT2D eigenvalue weighted by molar-refractivity contribution is 6.63. The Labute approximate surface area is 317 Å². The number of hydrogen-bond donors (Lipinski definition) is 10. The fourth-order valence-electron chi connectivity index (χ4n) is 6.36. The van der Waals surface area contributed by atoms with Crippen molar-refractivity contribution in [3.8, 4) is 0 Å². The van der Waals surface area contributed by atoms with Crippen LogP contribution in [0.25, 0.3) is 0 Å². The molecule has 0 aliphatic carbocycles. The first-order valence-corrected chi connectivity index (χ1v) is 19.2. The molecule has 53 heavy (non-hydrogen) atoms. The Morgan fingerprint density at radius 2 is 1.04 bits per heavy atom. The van der Waals surface area contributed by atoms with E-state index in [1.54, 1.807) is 0 Å². The molecule has 3 rings (SSSR count). The smallest absolute Gasteiger partial charge is 0.221 e. The number of allylic oxidation sites excluding steroid dienone is 2. The van der Waals surface area contributed by atoms with Gasteiger partial charge in [-0.15, -0.1) is 0 Å². The number of nitrogens with two attached hydrogens (primary N) is 3. The van der Waals surface area contributed by atoms with Crippen molar-refractivity contribution in [2.24, 2.45) is 17.2 Å². The first kappa shape index (κ1) is 48.2. The van der Waals surface area contributed by atoms with Crippen molar-refractivity contribution in [1.82, 2.24) is 0 Å². The summed E-state index contributed by atoms with van der Waals surface area (Å²) in [5.41, 5.74) is 17.9. The SMILES string of the molecule is CCCCCC/C=C\CCCCCCCC(=O)Cl.CO[C@@H]1O[C@H](CO)[C@@H](O[C@@H]2O[C@H](CO)[C@@H](O[C@@H]3O[C@H](CO)[C@@H](O)[C@H](O)[C@H]3N)[C@H](O)[C@H]2N)[C@H](O)[C@H]1N. The fourth-order valence-corrected chi connectivity index (χ4v) is 6.50. The minimum Gasteiger partial charge on any atom is -0.394 e. The van der Waals surface area contributed by atoms with Crippen LogP contribution in [0.1, 0.15) is 84.0 Å². The van der Waals surface area contributed by atoms with E-state index in [1.807, 2.05) is 0 Å². The number of carbonyl (C=O) groups excluding carboxylic acids is 1. The molecule has 0 aromatic rings. The normalized spacial score (nSPS) is 37.7. The van der Waals surface area contributed by atoms with E-state index in [0.717, 1.165) is 12.8 Å². The summed E-state index contributed by atoms with van der Waals surface area (Å²) in [4.78, 5) is 10.5. The number of unbranched alkanes of at least 4 members (excludes halogenated alkanes) is 9. The second-order valence-electron chi connectivity index (χ2n) is 13.8. The zero-order valence-corrected chi connectivity index (χ0v) is 31.8. The molecule has 0 radical (unpaired) electrons. The predicted molar refractivity (Wildman–Crippen MR) is 193 cm³/mol. The van der Waals surface area contributed by atoms with Crippen molar-refractivity contribution in [3.63, 3.8) is 0 Å². The molecule has 0 unspecified atom stereocenters. The lowest BCUT2D eigenvalue weighted by Crippen LogP contribution is -2.69. The van der Waals surface area contributed by atoms with Crippen LogP contribution in [0.3, 0.4) is 0 Å². The van der Waals surface area contributed by atoms with Crippen molar-refractivity contribution >= 4 is 16.8 Å². The summed E-state index contributed by atoms with van der Waals surface area (Å²) in [5.74, 6) is 0. The molecular formula is C35H66ClN3O14. The molecule has 0 bridgehead atoms. The van der Waals surface area contributed by atoms with Gasteiger partial charge in [-0.3, -0.25) is 4.79 Å². The van der Waals surface area contributed by atoms with Crippen molar-refractivity contribution in [2.75, 3.05) is 26.9 Å². The lowest BCUT2D eigenvalue weighted by Gasteiger charge is -2.48. The van der Waals surface area contributed by atoms with E-state index < -0.39 is 112 Å². The zero-order valence-electron chi connectivity index (χ0n) is 31.0. The Morgan fingerprint density at radius 1 is 0.623 bits per heavy atom. The molecule has 18 heteroatoms. The molecule has 0 saturated carbocycles. The first-order valence-electron chi connectivity index (χ1n) is 18.8. The van der Waals surface area contributed by atoms with Crippen LogP contribution >= 0.6 is 11.6 Å². The largest absolute Gasteiger partial charge is 0.394 e. The summed E-state index contributed by atoms with van der Waals surface area (Å²) >= 11 is 5.27. The Morgan fingerprint density at radius 3 is 1.51 bits per heavy atom. The summed E-state index contributed by atoms with van der Waals surface area (Å²) in [7, 11) is 1.32. The van der Waals surface area contributed by atoms with Crippen LogP contribution in [0.4, 0.5) is 0 Å². The standard InChI is InChI=1S/C19H37N3O13.C16H29ClO/c1-30-17-9(21)13(28)15(6(3-24)32-17)35-19-10(22)14(29)16(7(4-25)33-19)34-18-8(20)12(27)11(26)5(2-23)31-18;1-2-3-4-5-6-7-8-9-10-11-12-13-14-15-16(17)18/h5-19,23-29H,2-4,20-22H2,1H3;7-8H,2-6,9-15H2,1H3/b;8-7-/t5-,6-,7-,8-,9-,10-,11-,12-,13-,14-,15-,16-,17-,18+,19+;/m1./s1. The van der Waals surface area contributed by atoms with Gasteiger partial charge in [0, 0.05) is 13.5 Å².